The SMILES string of the molecule is C[Si](C)(C)OC(C#N)CC(Nc1cc(Br)ccc1[N+](=O)[O-])c1c(Cl)cccc1OC(F)F. The standard InChI is InChI=1S/C20H21BrClF2N3O4Si/c1-32(2,3)31-13(11-25)10-16(19-14(22)5-4-6-18(19)30-20(23)24)26-15-9-12(21)7-8-17(15)27(28)29/h4-9,13,16,20,26H,10H2,1-3H3. The summed E-state index contributed by atoms with van der Waals surface area (Å²) < 4.78 is 37.2. The summed E-state index contributed by atoms with van der Waals surface area (Å²) in [5, 5.41) is 24.3. The maximum absolute atomic E-state index is 13.0. The molecule has 0 saturated carbocycles. The van der Waals surface area contributed by atoms with E-state index in [2.05, 4.69) is 32.1 Å². The summed E-state index contributed by atoms with van der Waals surface area (Å²) in [5.74, 6) is -0.202. The molecule has 0 amide bonds. The molecular formula is C20H21BrClF2N3O4Si. The van der Waals surface area contributed by atoms with Crippen molar-refractivity contribution in [2.75, 3.05) is 5.32 Å². The number of rotatable bonds is 10. The molecule has 2 unspecified atom stereocenters. The predicted octanol–water partition coefficient (Wildman–Crippen LogP) is 6.90. The van der Waals surface area contributed by atoms with Crippen molar-refractivity contribution in [1.29, 1.82) is 5.26 Å². The number of nitrogens with one attached hydrogen (secondary N) is 1. The molecule has 7 nitrogen and oxygen atoms in total. The van der Waals surface area contributed by atoms with Crippen LogP contribution in [-0.2, 0) is 4.43 Å². The number of alkyl halides is 2. The Morgan fingerprint density at radius 3 is 2.56 bits per heavy atom. The molecule has 2 rings (SSSR count). The lowest BCUT2D eigenvalue weighted by atomic mass is 9.99. The highest BCUT2D eigenvalue weighted by Crippen LogP contribution is 2.40. The number of hydrogen-bond donors (Lipinski definition) is 1. The van der Waals surface area contributed by atoms with Crippen LogP contribution in [0.2, 0.25) is 24.7 Å². The van der Waals surface area contributed by atoms with Gasteiger partial charge in [0.1, 0.15) is 17.5 Å². The highest BCUT2D eigenvalue weighted by Gasteiger charge is 2.30. The summed E-state index contributed by atoms with van der Waals surface area (Å²) in [7, 11) is -2.14. The molecule has 32 heavy (non-hydrogen) atoms. The van der Waals surface area contributed by atoms with Gasteiger partial charge in [-0.3, -0.25) is 10.1 Å². The summed E-state index contributed by atoms with van der Waals surface area (Å²) >= 11 is 9.62. The second-order valence-corrected chi connectivity index (χ2v) is 13.5. The smallest absolute Gasteiger partial charge is 0.387 e. The second-order valence-electron chi connectivity index (χ2n) is 7.73. The van der Waals surface area contributed by atoms with Gasteiger partial charge >= 0.3 is 6.61 Å². The maximum Gasteiger partial charge on any atom is 0.387 e. The van der Waals surface area contributed by atoms with E-state index in [-0.39, 0.29) is 34.1 Å². The highest BCUT2D eigenvalue weighted by atomic mass is 79.9. The Hall–Kier alpha value is -2.26. The second kappa shape index (κ2) is 11.0. The molecule has 172 valence electrons. The molecule has 0 radical (unpaired) electrons. The number of halogens is 4. The number of nitrogens with zero attached hydrogens (tertiary/aromatic N) is 2. The lowest BCUT2D eigenvalue weighted by Crippen LogP contribution is -2.33. The number of ether oxygens (including phenoxy) is 1. The number of nitriles is 1. The molecule has 2 aromatic rings. The van der Waals surface area contributed by atoms with Gasteiger partial charge in [-0.1, -0.05) is 33.6 Å². The fourth-order valence-electron chi connectivity index (χ4n) is 3.04. The van der Waals surface area contributed by atoms with Crippen molar-refractivity contribution in [3.63, 3.8) is 0 Å². The molecule has 0 fully saturated rings. The van der Waals surface area contributed by atoms with Crippen LogP contribution < -0.4 is 10.1 Å². The number of anilines is 1. The summed E-state index contributed by atoms with van der Waals surface area (Å²) in [6, 6.07) is 9.70. The van der Waals surface area contributed by atoms with Crippen molar-refractivity contribution in [1.82, 2.24) is 0 Å². The first kappa shape index (κ1) is 26.0. The number of nitro groups is 1. The molecule has 0 heterocycles. The van der Waals surface area contributed by atoms with Crippen LogP contribution >= 0.6 is 27.5 Å². The Morgan fingerprint density at radius 2 is 2.00 bits per heavy atom. The average Bonchev–Trinajstić information content (AvgIpc) is 2.65. The van der Waals surface area contributed by atoms with Crippen molar-refractivity contribution in [3.8, 4) is 11.8 Å². The molecule has 0 bridgehead atoms. The Labute approximate surface area is 198 Å². The van der Waals surface area contributed by atoms with E-state index >= 15 is 0 Å². The van der Waals surface area contributed by atoms with E-state index in [1.165, 1.54) is 36.4 Å². The van der Waals surface area contributed by atoms with E-state index in [9.17, 15) is 24.2 Å². The van der Waals surface area contributed by atoms with Gasteiger partial charge in [-0.2, -0.15) is 14.0 Å². The van der Waals surface area contributed by atoms with Crippen LogP contribution in [0, 0.1) is 21.4 Å². The van der Waals surface area contributed by atoms with Gasteiger partial charge in [0.2, 0.25) is 0 Å². The summed E-state index contributed by atoms with van der Waals surface area (Å²) in [6.45, 7) is 2.59. The zero-order valence-electron chi connectivity index (χ0n) is 17.4. The zero-order valence-corrected chi connectivity index (χ0v) is 20.8. The molecule has 0 saturated heterocycles. The van der Waals surface area contributed by atoms with Gasteiger partial charge in [0, 0.05) is 27.5 Å². The number of hydrogen-bond acceptors (Lipinski definition) is 6. The quantitative estimate of drug-likeness (QED) is 0.197. The van der Waals surface area contributed by atoms with E-state index in [0.717, 1.165) is 0 Å². The van der Waals surface area contributed by atoms with E-state index < -0.39 is 32.0 Å². The molecule has 0 spiro atoms. The minimum Gasteiger partial charge on any atom is -0.434 e. The minimum absolute atomic E-state index is 0.0201. The van der Waals surface area contributed by atoms with E-state index in [1.54, 1.807) is 0 Å². The van der Waals surface area contributed by atoms with Crippen LogP contribution in [0.5, 0.6) is 5.75 Å². The van der Waals surface area contributed by atoms with Crippen molar-refractivity contribution in [2.45, 2.75) is 44.8 Å². The molecule has 0 aliphatic rings. The third-order valence-corrected chi connectivity index (χ3v) is 5.97. The normalized spacial score (nSPS) is 13.3. The van der Waals surface area contributed by atoms with Gasteiger partial charge in [0.25, 0.3) is 5.69 Å². The lowest BCUT2D eigenvalue weighted by Gasteiger charge is -2.28. The molecule has 0 aliphatic carbocycles. The van der Waals surface area contributed by atoms with Crippen LogP contribution in [0.3, 0.4) is 0 Å². The zero-order chi connectivity index (χ0) is 24.1. The third-order valence-electron chi connectivity index (χ3n) is 4.15. The topological polar surface area (TPSA) is 97.4 Å². The minimum atomic E-state index is -3.11. The van der Waals surface area contributed by atoms with Crippen molar-refractivity contribution in [2.24, 2.45) is 0 Å². The van der Waals surface area contributed by atoms with Crippen molar-refractivity contribution >= 4 is 47.2 Å². The van der Waals surface area contributed by atoms with Gasteiger partial charge < -0.3 is 14.5 Å². The Kier molecular flexibility index (Phi) is 8.97. The van der Waals surface area contributed by atoms with Crippen LogP contribution in [0.25, 0.3) is 0 Å². The van der Waals surface area contributed by atoms with Gasteiger partial charge in [-0.05, 0) is 43.9 Å². The molecule has 1 N–H and O–H groups in total. The molecule has 2 atom stereocenters. The average molecular weight is 549 g/mol. The Morgan fingerprint density at radius 1 is 1.31 bits per heavy atom. The van der Waals surface area contributed by atoms with Crippen molar-refractivity contribution < 1.29 is 22.9 Å². The summed E-state index contributed by atoms with van der Waals surface area (Å²) in [4.78, 5) is 11.0. The highest BCUT2D eigenvalue weighted by molar-refractivity contribution is 9.10. The van der Waals surface area contributed by atoms with Gasteiger partial charge in [-0.15, -0.1) is 0 Å². The van der Waals surface area contributed by atoms with Gasteiger partial charge in [0.05, 0.1) is 17.0 Å². The van der Waals surface area contributed by atoms with E-state index in [0.29, 0.717) is 4.47 Å². The first-order valence-electron chi connectivity index (χ1n) is 9.42. The number of benzene rings is 2. The fourth-order valence-corrected chi connectivity index (χ4v) is 4.70. The fraction of sp³-hybridized carbons (Fsp3) is 0.350. The lowest BCUT2D eigenvalue weighted by molar-refractivity contribution is -0.384. The monoisotopic (exact) mass is 547 g/mol. The van der Waals surface area contributed by atoms with E-state index in [4.69, 9.17) is 16.0 Å². The number of nitro benzene ring substituents is 1. The van der Waals surface area contributed by atoms with Gasteiger partial charge in [0.15, 0.2) is 8.32 Å². The Balaban J connectivity index is 2.59. The third kappa shape index (κ3) is 7.41. The molecule has 2 aromatic carbocycles. The molecule has 12 heteroatoms. The largest absolute Gasteiger partial charge is 0.434 e. The van der Waals surface area contributed by atoms with Crippen LogP contribution in [-0.4, -0.2) is 26.0 Å². The van der Waals surface area contributed by atoms with Crippen LogP contribution in [0.1, 0.15) is 18.0 Å². The van der Waals surface area contributed by atoms with E-state index in [1.807, 2.05) is 19.6 Å². The molecule has 0 aliphatic heterocycles. The van der Waals surface area contributed by atoms with Gasteiger partial charge in [-0.25, -0.2) is 0 Å². The summed E-state index contributed by atoms with van der Waals surface area (Å²) in [5.41, 5.74) is 0.0198. The molecular weight excluding hydrogens is 528 g/mol. The Bertz CT molecular complexity index is 1020. The first-order chi connectivity index (χ1) is 14.9. The first-order valence-corrected chi connectivity index (χ1v) is 14.0. The molecule has 0 aromatic heterocycles. The van der Waals surface area contributed by atoms with Crippen molar-refractivity contribution in [3.05, 3.63) is 61.6 Å². The predicted molar refractivity (Wildman–Crippen MR) is 124 cm³/mol. The van der Waals surface area contributed by atoms with Crippen LogP contribution in [0.4, 0.5) is 20.2 Å². The maximum atomic E-state index is 13.0. The summed E-state index contributed by atoms with van der Waals surface area (Å²) in [6.07, 6.45) is -0.936. The van der Waals surface area contributed by atoms with Crippen LogP contribution in [0.15, 0.2) is 40.9 Å².